The van der Waals surface area contributed by atoms with Gasteiger partial charge in [-0.2, -0.15) is 5.10 Å². The highest BCUT2D eigenvalue weighted by Crippen LogP contribution is 2.24. The van der Waals surface area contributed by atoms with Crippen LogP contribution in [0.2, 0.25) is 10.2 Å². The van der Waals surface area contributed by atoms with Crippen molar-refractivity contribution in [1.82, 2.24) is 14.8 Å². The summed E-state index contributed by atoms with van der Waals surface area (Å²) in [6.45, 7) is 1.89. The van der Waals surface area contributed by atoms with Gasteiger partial charge in [0, 0.05) is 19.4 Å². The van der Waals surface area contributed by atoms with Gasteiger partial charge in [-0.1, -0.05) is 30.1 Å². The number of halogens is 2. The number of sulfonamides is 1. The van der Waals surface area contributed by atoms with Crippen LogP contribution in [-0.4, -0.2) is 23.2 Å². The van der Waals surface area contributed by atoms with Crippen molar-refractivity contribution in [2.75, 3.05) is 4.72 Å². The van der Waals surface area contributed by atoms with E-state index in [4.69, 9.17) is 23.2 Å². The summed E-state index contributed by atoms with van der Waals surface area (Å²) in [6.07, 6.45) is 3.36. The van der Waals surface area contributed by atoms with Gasteiger partial charge in [-0.05, 0) is 12.5 Å². The minimum Gasteiger partial charge on any atom is -0.276 e. The van der Waals surface area contributed by atoms with Crippen LogP contribution in [0.15, 0.2) is 23.4 Å². The SMILES string of the molecule is CCc1nn(C)cc1NS(=O)(=O)c1cnc(Cl)c(Cl)c1. The van der Waals surface area contributed by atoms with E-state index in [1.54, 1.807) is 17.9 Å². The van der Waals surface area contributed by atoms with Crippen molar-refractivity contribution < 1.29 is 8.42 Å². The van der Waals surface area contributed by atoms with Crippen molar-refractivity contribution in [3.05, 3.63) is 34.3 Å². The van der Waals surface area contributed by atoms with Gasteiger partial charge < -0.3 is 0 Å². The third kappa shape index (κ3) is 3.05. The summed E-state index contributed by atoms with van der Waals surface area (Å²) in [7, 11) is -2.06. The molecule has 0 spiro atoms. The standard InChI is InChI=1S/C11H12Cl2N4O2S/c1-3-9-10(6-17(2)15-9)16-20(18,19)7-4-8(12)11(13)14-5-7/h4-6,16H,3H2,1-2H3. The zero-order valence-electron chi connectivity index (χ0n) is 10.8. The van der Waals surface area contributed by atoms with Crippen LogP contribution >= 0.6 is 23.2 Å². The van der Waals surface area contributed by atoms with E-state index in [9.17, 15) is 8.42 Å². The van der Waals surface area contributed by atoms with Crippen molar-refractivity contribution in [2.24, 2.45) is 7.05 Å². The molecule has 0 saturated heterocycles. The average molecular weight is 335 g/mol. The Morgan fingerprint density at radius 1 is 1.40 bits per heavy atom. The number of pyridine rings is 1. The molecule has 2 aromatic heterocycles. The number of aryl methyl sites for hydroxylation is 2. The normalized spacial score (nSPS) is 11.6. The molecule has 2 rings (SSSR count). The van der Waals surface area contributed by atoms with Crippen molar-refractivity contribution in [1.29, 1.82) is 0 Å². The molecule has 0 unspecified atom stereocenters. The number of rotatable bonds is 4. The second-order valence-corrected chi connectivity index (χ2v) is 6.51. The molecule has 0 aliphatic rings. The van der Waals surface area contributed by atoms with Crippen LogP contribution in [0.5, 0.6) is 0 Å². The van der Waals surface area contributed by atoms with Gasteiger partial charge in [0.15, 0.2) is 0 Å². The van der Waals surface area contributed by atoms with Gasteiger partial charge in [-0.3, -0.25) is 9.40 Å². The monoisotopic (exact) mass is 334 g/mol. The van der Waals surface area contributed by atoms with E-state index in [1.165, 1.54) is 6.07 Å². The lowest BCUT2D eigenvalue weighted by Crippen LogP contribution is -2.14. The Morgan fingerprint density at radius 2 is 2.10 bits per heavy atom. The molecule has 0 radical (unpaired) electrons. The number of hydrogen-bond donors (Lipinski definition) is 1. The molecule has 0 saturated carbocycles. The second kappa shape index (κ2) is 5.59. The number of nitrogens with zero attached hydrogens (tertiary/aromatic N) is 3. The molecule has 0 atom stereocenters. The first-order valence-corrected chi connectivity index (χ1v) is 7.93. The minimum atomic E-state index is -3.78. The van der Waals surface area contributed by atoms with Crippen molar-refractivity contribution in [3.8, 4) is 0 Å². The summed E-state index contributed by atoms with van der Waals surface area (Å²) >= 11 is 11.5. The molecule has 2 aromatic rings. The Balaban J connectivity index is 2.37. The Labute approximate surface area is 126 Å². The van der Waals surface area contributed by atoms with E-state index >= 15 is 0 Å². The molecule has 9 heteroatoms. The first-order valence-electron chi connectivity index (χ1n) is 5.70. The highest BCUT2D eigenvalue weighted by molar-refractivity contribution is 7.92. The third-order valence-electron chi connectivity index (χ3n) is 2.57. The maximum atomic E-state index is 12.3. The van der Waals surface area contributed by atoms with E-state index in [0.29, 0.717) is 17.8 Å². The third-order valence-corrected chi connectivity index (χ3v) is 4.58. The first-order chi connectivity index (χ1) is 9.33. The molecule has 20 heavy (non-hydrogen) atoms. The first kappa shape index (κ1) is 15.1. The Morgan fingerprint density at radius 3 is 2.70 bits per heavy atom. The molecule has 0 bridgehead atoms. The Kier molecular flexibility index (Phi) is 4.22. The van der Waals surface area contributed by atoms with Crippen LogP contribution in [0.3, 0.4) is 0 Å². The second-order valence-electron chi connectivity index (χ2n) is 4.07. The molecular formula is C11H12Cl2N4O2S. The summed E-state index contributed by atoms with van der Waals surface area (Å²) in [5, 5.41) is 4.30. The van der Waals surface area contributed by atoms with Gasteiger partial charge >= 0.3 is 0 Å². The van der Waals surface area contributed by atoms with Gasteiger partial charge in [0.1, 0.15) is 10.0 Å². The number of hydrogen-bond acceptors (Lipinski definition) is 4. The fraction of sp³-hybridized carbons (Fsp3) is 0.273. The fourth-order valence-electron chi connectivity index (χ4n) is 1.64. The smallest absolute Gasteiger partial charge is 0.263 e. The van der Waals surface area contributed by atoms with Crippen LogP contribution in [-0.2, 0) is 23.5 Å². The Hall–Kier alpha value is -1.31. The topological polar surface area (TPSA) is 76.9 Å². The van der Waals surface area contributed by atoms with Crippen LogP contribution in [0, 0.1) is 0 Å². The zero-order valence-corrected chi connectivity index (χ0v) is 13.1. The quantitative estimate of drug-likeness (QED) is 0.871. The summed E-state index contributed by atoms with van der Waals surface area (Å²) in [6, 6.07) is 1.25. The van der Waals surface area contributed by atoms with Crippen LogP contribution in [0.25, 0.3) is 0 Å². The van der Waals surface area contributed by atoms with Crippen molar-refractivity contribution in [2.45, 2.75) is 18.2 Å². The summed E-state index contributed by atoms with van der Waals surface area (Å²) in [5.74, 6) is 0. The molecule has 2 heterocycles. The molecule has 0 aromatic carbocycles. The summed E-state index contributed by atoms with van der Waals surface area (Å²) < 4.78 is 28.5. The largest absolute Gasteiger partial charge is 0.276 e. The predicted molar refractivity (Wildman–Crippen MR) is 77.7 cm³/mol. The fourth-order valence-corrected chi connectivity index (χ4v) is 3.01. The van der Waals surface area contributed by atoms with Crippen LogP contribution < -0.4 is 4.72 Å². The zero-order chi connectivity index (χ0) is 14.9. The predicted octanol–water partition coefficient (Wildman–Crippen LogP) is 2.49. The van der Waals surface area contributed by atoms with Crippen LogP contribution in [0.1, 0.15) is 12.6 Å². The number of anilines is 1. The number of nitrogens with one attached hydrogen (secondary N) is 1. The molecular weight excluding hydrogens is 323 g/mol. The van der Waals surface area contributed by atoms with Gasteiger partial charge in [0.05, 0.1) is 16.4 Å². The van der Waals surface area contributed by atoms with E-state index in [-0.39, 0.29) is 15.1 Å². The van der Waals surface area contributed by atoms with Crippen molar-refractivity contribution in [3.63, 3.8) is 0 Å². The van der Waals surface area contributed by atoms with Gasteiger partial charge in [0.2, 0.25) is 0 Å². The molecule has 0 fully saturated rings. The molecule has 108 valence electrons. The van der Waals surface area contributed by atoms with Gasteiger partial charge in [-0.25, -0.2) is 13.4 Å². The lowest BCUT2D eigenvalue weighted by atomic mass is 10.3. The maximum Gasteiger partial charge on any atom is 0.263 e. The van der Waals surface area contributed by atoms with E-state index in [2.05, 4.69) is 14.8 Å². The molecule has 1 N–H and O–H groups in total. The van der Waals surface area contributed by atoms with E-state index < -0.39 is 10.0 Å². The molecule has 0 aliphatic heterocycles. The highest BCUT2D eigenvalue weighted by Gasteiger charge is 2.19. The van der Waals surface area contributed by atoms with E-state index in [1.807, 2.05) is 6.92 Å². The van der Waals surface area contributed by atoms with Gasteiger partial charge in [0.25, 0.3) is 10.0 Å². The summed E-state index contributed by atoms with van der Waals surface area (Å²) in [4.78, 5) is 3.67. The molecule has 6 nitrogen and oxygen atoms in total. The van der Waals surface area contributed by atoms with Crippen LogP contribution in [0.4, 0.5) is 5.69 Å². The van der Waals surface area contributed by atoms with Crippen molar-refractivity contribution >= 4 is 38.9 Å². The highest BCUT2D eigenvalue weighted by atomic mass is 35.5. The maximum absolute atomic E-state index is 12.3. The number of aromatic nitrogens is 3. The molecule has 0 amide bonds. The minimum absolute atomic E-state index is 0.0567. The summed E-state index contributed by atoms with van der Waals surface area (Å²) in [5.41, 5.74) is 1.09. The lowest BCUT2D eigenvalue weighted by molar-refractivity contribution is 0.600. The average Bonchev–Trinajstić information content (AvgIpc) is 2.72. The molecule has 0 aliphatic carbocycles. The lowest BCUT2D eigenvalue weighted by Gasteiger charge is -2.07. The Bertz CT molecular complexity index is 743. The van der Waals surface area contributed by atoms with Gasteiger partial charge in [-0.15, -0.1) is 0 Å². The van der Waals surface area contributed by atoms with E-state index in [0.717, 1.165) is 6.20 Å².